The third-order valence-electron chi connectivity index (χ3n) is 4.70. The largest absolute Gasteiger partial charge is 0.485 e. The molecule has 0 aliphatic carbocycles. The van der Waals surface area contributed by atoms with Gasteiger partial charge in [-0.15, -0.1) is 20.4 Å². The molecule has 0 radical (unpaired) electrons. The molecule has 4 rings (SSSR count). The number of ether oxygens (including phenoxy) is 1. The Hall–Kier alpha value is -3.33. The van der Waals surface area contributed by atoms with E-state index in [9.17, 15) is 0 Å². The van der Waals surface area contributed by atoms with Gasteiger partial charge < -0.3 is 15.0 Å². The Morgan fingerprint density at radius 3 is 2.65 bits per heavy atom. The molecule has 0 atom stereocenters. The molecule has 9 heteroatoms. The lowest BCUT2D eigenvalue weighted by atomic mass is 10.0. The number of aromatic nitrogens is 5. The van der Waals surface area contributed by atoms with E-state index >= 15 is 0 Å². The average molecular weight is 437 g/mol. The molecule has 2 heterocycles. The van der Waals surface area contributed by atoms with E-state index in [1.165, 1.54) is 16.4 Å². The van der Waals surface area contributed by atoms with Crippen molar-refractivity contribution in [1.29, 1.82) is 0 Å². The number of hydrogen-bond donors (Lipinski definition) is 1. The number of nitrogens with zero attached hydrogens (tertiary/aromatic N) is 5. The molecule has 0 spiro atoms. The van der Waals surface area contributed by atoms with Crippen LogP contribution >= 0.6 is 11.8 Å². The minimum atomic E-state index is 0.228. The number of benzene rings is 2. The van der Waals surface area contributed by atoms with Crippen LogP contribution in [0.15, 0.2) is 58.1 Å². The topological polar surface area (TPSA) is 105 Å². The van der Waals surface area contributed by atoms with Crippen molar-refractivity contribution in [3.05, 3.63) is 71.4 Å². The zero-order chi connectivity index (χ0) is 21.8. The standard InChI is InChI=1S/C22H24N6O2S/c1-14(2)17-10-9-15(3)11-18(17)29-12-19-24-27-22(28(19)23)31-13-20-25-26-21(30-20)16-7-5-4-6-8-16/h4-11,14H,12-13,23H2,1-3H3. The minimum absolute atomic E-state index is 0.228. The van der Waals surface area contributed by atoms with Crippen LogP contribution < -0.4 is 10.6 Å². The van der Waals surface area contributed by atoms with Gasteiger partial charge in [-0.05, 0) is 42.2 Å². The van der Waals surface area contributed by atoms with Crippen LogP contribution in [0, 0.1) is 6.92 Å². The molecule has 2 aromatic heterocycles. The summed E-state index contributed by atoms with van der Waals surface area (Å²) in [4.78, 5) is 0. The maximum absolute atomic E-state index is 6.18. The summed E-state index contributed by atoms with van der Waals surface area (Å²) in [5.74, 6) is 9.32. The minimum Gasteiger partial charge on any atom is -0.485 e. The second-order valence-corrected chi connectivity index (χ2v) is 8.35. The zero-order valence-electron chi connectivity index (χ0n) is 17.6. The fourth-order valence-corrected chi connectivity index (χ4v) is 3.74. The van der Waals surface area contributed by atoms with E-state index < -0.39 is 0 Å². The molecule has 0 amide bonds. The highest BCUT2D eigenvalue weighted by molar-refractivity contribution is 7.98. The van der Waals surface area contributed by atoms with Gasteiger partial charge in [0.2, 0.25) is 16.9 Å². The SMILES string of the molecule is Cc1ccc(C(C)C)c(OCc2nnc(SCc3nnc(-c4ccccc4)o3)n2N)c1. The van der Waals surface area contributed by atoms with Crippen molar-refractivity contribution < 1.29 is 9.15 Å². The van der Waals surface area contributed by atoms with Gasteiger partial charge in [0.1, 0.15) is 12.4 Å². The van der Waals surface area contributed by atoms with Crippen molar-refractivity contribution >= 4 is 11.8 Å². The van der Waals surface area contributed by atoms with Crippen molar-refractivity contribution in [2.24, 2.45) is 0 Å². The summed E-state index contributed by atoms with van der Waals surface area (Å²) in [5.41, 5.74) is 3.16. The van der Waals surface area contributed by atoms with Crippen LogP contribution in [-0.2, 0) is 12.4 Å². The molecule has 0 unspecified atom stereocenters. The van der Waals surface area contributed by atoms with Gasteiger partial charge in [-0.1, -0.05) is 55.9 Å². The Balaban J connectivity index is 1.39. The highest BCUT2D eigenvalue weighted by Crippen LogP contribution is 2.28. The molecule has 0 fully saturated rings. The smallest absolute Gasteiger partial charge is 0.247 e. The molecule has 0 saturated carbocycles. The maximum atomic E-state index is 6.18. The predicted molar refractivity (Wildman–Crippen MR) is 119 cm³/mol. The van der Waals surface area contributed by atoms with Crippen molar-refractivity contribution in [3.63, 3.8) is 0 Å². The zero-order valence-corrected chi connectivity index (χ0v) is 18.5. The van der Waals surface area contributed by atoms with Crippen LogP contribution in [0.1, 0.15) is 42.6 Å². The van der Waals surface area contributed by atoms with E-state index in [-0.39, 0.29) is 6.61 Å². The molecule has 2 aromatic carbocycles. The molecule has 8 nitrogen and oxygen atoms in total. The van der Waals surface area contributed by atoms with E-state index in [1.54, 1.807) is 0 Å². The lowest BCUT2D eigenvalue weighted by Crippen LogP contribution is -2.16. The highest BCUT2D eigenvalue weighted by atomic mass is 32.2. The highest BCUT2D eigenvalue weighted by Gasteiger charge is 2.15. The fraction of sp³-hybridized carbons (Fsp3) is 0.273. The third-order valence-corrected chi connectivity index (χ3v) is 5.62. The summed E-state index contributed by atoms with van der Waals surface area (Å²) < 4.78 is 13.2. The third kappa shape index (κ3) is 4.88. The second-order valence-electron chi connectivity index (χ2n) is 7.41. The fourth-order valence-electron chi connectivity index (χ4n) is 3.03. The van der Waals surface area contributed by atoms with E-state index in [0.717, 1.165) is 22.4 Å². The normalized spacial score (nSPS) is 11.2. The Morgan fingerprint density at radius 2 is 1.87 bits per heavy atom. The summed E-state index contributed by atoms with van der Waals surface area (Å²) in [6, 6.07) is 15.8. The average Bonchev–Trinajstić information content (AvgIpc) is 3.38. The summed E-state index contributed by atoms with van der Waals surface area (Å²) in [7, 11) is 0. The Kier molecular flexibility index (Phi) is 6.22. The first-order valence-corrected chi connectivity index (χ1v) is 10.9. The van der Waals surface area contributed by atoms with Gasteiger partial charge >= 0.3 is 0 Å². The van der Waals surface area contributed by atoms with Crippen molar-refractivity contribution in [1.82, 2.24) is 25.1 Å². The molecular formula is C22H24N6O2S. The first-order chi connectivity index (χ1) is 15.0. The Bertz CT molecular complexity index is 1160. The van der Waals surface area contributed by atoms with E-state index in [1.807, 2.05) is 43.3 Å². The summed E-state index contributed by atoms with van der Waals surface area (Å²) in [6.45, 7) is 6.54. The predicted octanol–water partition coefficient (Wildman–Crippen LogP) is 4.35. The number of nitrogens with two attached hydrogens (primary N) is 1. The van der Waals surface area contributed by atoms with Crippen LogP contribution in [-0.4, -0.2) is 25.1 Å². The Morgan fingerprint density at radius 1 is 1.06 bits per heavy atom. The Labute approximate surface area is 184 Å². The van der Waals surface area contributed by atoms with Gasteiger partial charge in [0.05, 0.1) is 5.75 Å². The molecular weight excluding hydrogens is 412 g/mol. The molecule has 31 heavy (non-hydrogen) atoms. The second kappa shape index (κ2) is 9.22. The van der Waals surface area contributed by atoms with Crippen LogP contribution in [0.5, 0.6) is 5.75 Å². The monoisotopic (exact) mass is 436 g/mol. The van der Waals surface area contributed by atoms with Crippen molar-refractivity contribution in [3.8, 4) is 17.2 Å². The van der Waals surface area contributed by atoms with Gasteiger partial charge in [-0.2, -0.15) is 0 Å². The van der Waals surface area contributed by atoms with E-state index in [0.29, 0.717) is 34.4 Å². The van der Waals surface area contributed by atoms with Gasteiger partial charge in [-0.3, -0.25) is 0 Å². The molecule has 0 aliphatic rings. The van der Waals surface area contributed by atoms with E-state index in [2.05, 4.69) is 46.4 Å². The van der Waals surface area contributed by atoms with Crippen LogP contribution in [0.4, 0.5) is 0 Å². The number of nitrogen functional groups attached to an aromatic ring is 1. The van der Waals surface area contributed by atoms with Crippen molar-refractivity contribution in [2.75, 3.05) is 5.84 Å². The van der Waals surface area contributed by atoms with Gasteiger partial charge in [0.15, 0.2) is 5.82 Å². The quantitative estimate of drug-likeness (QED) is 0.321. The number of rotatable bonds is 8. The van der Waals surface area contributed by atoms with Gasteiger partial charge in [0.25, 0.3) is 0 Å². The number of thioether (sulfide) groups is 1. The lowest BCUT2D eigenvalue weighted by Gasteiger charge is -2.14. The first kappa shape index (κ1) is 20.9. The van der Waals surface area contributed by atoms with Crippen molar-refractivity contribution in [2.45, 2.75) is 44.2 Å². The molecule has 0 saturated heterocycles. The maximum Gasteiger partial charge on any atom is 0.247 e. The summed E-state index contributed by atoms with van der Waals surface area (Å²) in [6.07, 6.45) is 0. The molecule has 0 aliphatic heterocycles. The van der Waals surface area contributed by atoms with Crippen LogP contribution in [0.3, 0.4) is 0 Å². The van der Waals surface area contributed by atoms with Crippen LogP contribution in [0.25, 0.3) is 11.5 Å². The van der Waals surface area contributed by atoms with E-state index in [4.69, 9.17) is 15.0 Å². The van der Waals surface area contributed by atoms with Gasteiger partial charge in [0, 0.05) is 5.56 Å². The molecule has 0 bridgehead atoms. The summed E-state index contributed by atoms with van der Waals surface area (Å²) in [5, 5.41) is 17.1. The first-order valence-electron chi connectivity index (χ1n) is 9.94. The molecule has 4 aromatic rings. The van der Waals surface area contributed by atoms with Gasteiger partial charge in [-0.25, -0.2) is 4.68 Å². The number of hydrogen-bond acceptors (Lipinski definition) is 8. The molecule has 160 valence electrons. The summed E-state index contributed by atoms with van der Waals surface area (Å²) >= 11 is 1.37. The molecule has 2 N–H and O–H groups in total. The lowest BCUT2D eigenvalue weighted by molar-refractivity contribution is 0.287. The van der Waals surface area contributed by atoms with Crippen LogP contribution in [0.2, 0.25) is 0 Å². The number of aryl methyl sites for hydroxylation is 1.